The monoisotopic (exact) mass is 340 g/mol. The fraction of sp³-hybridized carbons (Fsp3) is 0.333. The highest BCUT2D eigenvalue weighted by atomic mass is 16.5. The third-order valence-corrected chi connectivity index (χ3v) is 4.40. The molecule has 3 rings (SSSR count). The lowest BCUT2D eigenvalue weighted by Gasteiger charge is -2.14. The van der Waals surface area contributed by atoms with Gasteiger partial charge in [0.2, 0.25) is 5.88 Å². The second-order valence-electron chi connectivity index (χ2n) is 6.24. The van der Waals surface area contributed by atoms with Crippen molar-refractivity contribution in [3.05, 3.63) is 41.9 Å². The van der Waals surface area contributed by atoms with Crippen LogP contribution in [0.1, 0.15) is 24.1 Å². The largest absolute Gasteiger partial charge is 0.476 e. The minimum atomic E-state index is -0.505. The lowest BCUT2D eigenvalue weighted by atomic mass is 10.0. The summed E-state index contributed by atoms with van der Waals surface area (Å²) in [4.78, 5) is 20.2. The number of carbonyl (C=O) groups excluding carboxylic acids is 1. The van der Waals surface area contributed by atoms with Crippen molar-refractivity contribution < 1.29 is 14.3 Å². The SMILES string of the molecule is COC(=O)C1(COc2cc(C)c(-c3ccc(C(=N)N)nc3)cn2)CC1. The number of nitrogens with zero attached hydrogens (tertiary/aromatic N) is 2. The molecule has 1 aliphatic carbocycles. The number of methoxy groups -OCH3 is 1. The van der Waals surface area contributed by atoms with E-state index in [-0.39, 0.29) is 18.4 Å². The second kappa shape index (κ2) is 6.51. The number of nitrogens with two attached hydrogens (primary N) is 1. The summed E-state index contributed by atoms with van der Waals surface area (Å²) in [7, 11) is 1.39. The molecule has 7 heteroatoms. The molecule has 0 aromatic carbocycles. The number of rotatable bonds is 6. The van der Waals surface area contributed by atoms with Gasteiger partial charge in [0, 0.05) is 29.6 Å². The number of aryl methyl sites for hydroxylation is 1. The van der Waals surface area contributed by atoms with E-state index >= 15 is 0 Å². The van der Waals surface area contributed by atoms with Crippen LogP contribution < -0.4 is 10.5 Å². The van der Waals surface area contributed by atoms with Crippen molar-refractivity contribution in [3.8, 4) is 17.0 Å². The van der Waals surface area contributed by atoms with Crippen molar-refractivity contribution in [2.24, 2.45) is 11.1 Å². The summed E-state index contributed by atoms with van der Waals surface area (Å²) in [5.41, 5.74) is 8.13. The van der Waals surface area contributed by atoms with Crippen molar-refractivity contribution in [3.63, 3.8) is 0 Å². The predicted octanol–water partition coefficient (Wildman–Crippen LogP) is 2.07. The number of nitrogens with one attached hydrogen (secondary N) is 1. The third kappa shape index (κ3) is 3.45. The fourth-order valence-electron chi connectivity index (χ4n) is 2.61. The molecule has 1 fully saturated rings. The molecule has 1 saturated carbocycles. The molecule has 130 valence electrons. The summed E-state index contributed by atoms with van der Waals surface area (Å²) in [6, 6.07) is 5.39. The van der Waals surface area contributed by atoms with Crippen LogP contribution in [-0.4, -0.2) is 35.5 Å². The zero-order chi connectivity index (χ0) is 18.0. The number of ether oxygens (including phenoxy) is 2. The van der Waals surface area contributed by atoms with Gasteiger partial charge in [-0.15, -0.1) is 0 Å². The lowest BCUT2D eigenvalue weighted by molar-refractivity contribution is -0.148. The summed E-state index contributed by atoms with van der Waals surface area (Å²) in [5.74, 6) is 0.187. The summed E-state index contributed by atoms with van der Waals surface area (Å²) >= 11 is 0. The summed E-state index contributed by atoms with van der Waals surface area (Å²) in [6.07, 6.45) is 4.94. The van der Waals surface area contributed by atoms with Crippen LogP contribution in [0.25, 0.3) is 11.1 Å². The molecule has 0 atom stereocenters. The molecular weight excluding hydrogens is 320 g/mol. The first kappa shape index (κ1) is 16.9. The van der Waals surface area contributed by atoms with E-state index in [1.807, 2.05) is 19.1 Å². The van der Waals surface area contributed by atoms with E-state index in [2.05, 4.69) is 9.97 Å². The van der Waals surface area contributed by atoms with Gasteiger partial charge in [-0.05, 0) is 31.4 Å². The van der Waals surface area contributed by atoms with Crippen LogP contribution in [0.2, 0.25) is 0 Å². The van der Waals surface area contributed by atoms with Gasteiger partial charge in [-0.1, -0.05) is 6.07 Å². The van der Waals surface area contributed by atoms with Crippen molar-refractivity contribution in [2.45, 2.75) is 19.8 Å². The molecule has 2 aromatic heterocycles. The zero-order valence-corrected chi connectivity index (χ0v) is 14.2. The van der Waals surface area contributed by atoms with Crippen LogP contribution in [0, 0.1) is 17.7 Å². The van der Waals surface area contributed by atoms with E-state index in [0.29, 0.717) is 11.6 Å². The molecule has 0 unspecified atom stereocenters. The first-order valence-corrected chi connectivity index (χ1v) is 7.94. The van der Waals surface area contributed by atoms with Crippen LogP contribution in [0.3, 0.4) is 0 Å². The van der Waals surface area contributed by atoms with Crippen LogP contribution in [0.5, 0.6) is 5.88 Å². The average Bonchev–Trinajstić information content (AvgIpc) is 3.41. The van der Waals surface area contributed by atoms with Gasteiger partial charge in [0.25, 0.3) is 0 Å². The maximum Gasteiger partial charge on any atom is 0.315 e. The summed E-state index contributed by atoms with van der Waals surface area (Å²) < 4.78 is 10.5. The number of hydrogen-bond acceptors (Lipinski definition) is 6. The lowest BCUT2D eigenvalue weighted by Crippen LogP contribution is -2.24. The second-order valence-corrected chi connectivity index (χ2v) is 6.24. The number of carbonyl (C=O) groups is 1. The first-order valence-electron chi connectivity index (χ1n) is 7.94. The minimum Gasteiger partial charge on any atom is -0.476 e. The number of esters is 1. The van der Waals surface area contributed by atoms with Gasteiger partial charge in [-0.2, -0.15) is 0 Å². The van der Waals surface area contributed by atoms with Crippen molar-refractivity contribution in [2.75, 3.05) is 13.7 Å². The standard InChI is InChI=1S/C18H20N4O3/c1-11-7-15(25-10-18(5-6-18)17(23)24-2)22-9-13(11)12-3-4-14(16(19)20)21-8-12/h3-4,7-9H,5-6,10H2,1-2H3,(H3,19,20). The van der Waals surface area contributed by atoms with Crippen molar-refractivity contribution in [1.29, 1.82) is 5.41 Å². The highest BCUT2D eigenvalue weighted by Gasteiger charge is 2.52. The molecule has 0 saturated heterocycles. The van der Waals surface area contributed by atoms with Crippen LogP contribution in [0.15, 0.2) is 30.6 Å². The summed E-state index contributed by atoms with van der Waals surface area (Å²) in [5, 5.41) is 7.38. The van der Waals surface area contributed by atoms with Gasteiger partial charge >= 0.3 is 5.97 Å². The zero-order valence-electron chi connectivity index (χ0n) is 14.2. The molecule has 1 aliphatic rings. The van der Waals surface area contributed by atoms with Crippen molar-refractivity contribution in [1.82, 2.24) is 9.97 Å². The fourth-order valence-corrected chi connectivity index (χ4v) is 2.61. The van der Waals surface area contributed by atoms with E-state index in [4.69, 9.17) is 20.6 Å². The molecule has 0 amide bonds. The number of pyridine rings is 2. The summed E-state index contributed by atoms with van der Waals surface area (Å²) in [6.45, 7) is 2.23. The molecule has 2 aromatic rings. The quantitative estimate of drug-likeness (QED) is 0.473. The highest BCUT2D eigenvalue weighted by Crippen LogP contribution is 2.46. The average molecular weight is 340 g/mol. The molecular formula is C18H20N4O3. The van der Waals surface area contributed by atoms with Crippen LogP contribution in [-0.2, 0) is 9.53 Å². The molecule has 3 N–H and O–H groups in total. The van der Waals surface area contributed by atoms with Gasteiger partial charge in [0.15, 0.2) is 0 Å². The van der Waals surface area contributed by atoms with Gasteiger partial charge < -0.3 is 15.2 Å². The Labute approximate surface area is 145 Å². The maximum atomic E-state index is 11.7. The Hall–Kier alpha value is -2.96. The Morgan fingerprint density at radius 3 is 2.60 bits per heavy atom. The van der Waals surface area contributed by atoms with E-state index in [1.54, 1.807) is 18.5 Å². The van der Waals surface area contributed by atoms with Gasteiger partial charge in [0.1, 0.15) is 23.6 Å². The maximum absolute atomic E-state index is 11.7. The highest BCUT2D eigenvalue weighted by molar-refractivity contribution is 5.93. The van der Waals surface area contributed by atoms with E-state index in [1.165, 1.54) is 7.11 Å². The Balaban J connectivity index is 1.73. The normalized spacial score (nSPS) is 14.6. The Morgan fingerprint density at radius 2 is 2.08 bits per heavy atom. The number of amidine groups is 1. The number of hydrogen-bond donors (Lipinski definition) is 2. The van der Waals surface area contributed by atoms with Gasteiger partial charge in [0.05, 0.1) is 7.11 Å². The molecule has 0 spiro atoms. The Bertz CT molecular complexity index is 814. The third-order valence-electron chi connectivity index (χ3n) is 4.40. The molecule has 0 radical (unpaired) electrons. The van der Waals surface area contributed by atoms with E-state index < -0.39 is 5.41 Å². The van der Waals surface area contributed by atoms with Crippen LogP contribution in [0.4, 0.5) is 0 Å². The van der Waals surface area contributed by atoms with Gasteiger partial charge in [-0.25, -0.2) is 4.98 Å². The topological polar surface area (TPSA) is 111 Å². The van der Waals surface area contributed by atoms with E-state index in [0.717, 1.165) is 29.5 Å². The predicted molar refractivity (Wildman–Crippen MR) is 92.4 cm³/mol. The molecule has 25 heavy (non-hydrogen) atoms. The number of aromatic nitrogens is 2. The molecule has 0 aliphatic heterocycles. The Kier molecular flexibility index (Phi) is 4.39. The number of nitrogen functional groups attached to an aromatic ring is 1. The molecule has 0 bridgehead atoms. The minimum absolute atomic E-state index is 0.0650. The Morgan fingerprint density at radius 1 is 1.32 bits per heavy atom. The smallest absolute Gasteiger partial charge is 0.315 e. The van der Waals surface area contributed by atoms with E-state index in [9.17, 15) is 4.79 Å². The van der Waals surface area contributed by atoms with Crippen molar-refractivity contribution >= 4 is 11.8 Å². The van der Waals surface area contributed by atoms with Gasteiger partial charge in [-0.3, -0.25) is 15.2 Å². The van der Waals surface area contributed by atoms with Crippen LogP contribution >= 0.6 is 0 Å². The molecule has 7 nitrogen and oxygen atoms in total. The first-order chi connectivity index (χ1) is 11.9. The molecule has 2 heterocycles.